The smallest absolute Gasteiger partial charge is 0.129 e. The van der Waals surface area contributed by atoms with Crippen LogP contribution >= 0.6 is 12.2 Å². The Kier molecular flexibility index (Phi) is 4.77. The maximum absolute atomic E-state index is 5.67. The fourth-order valence-electron chi connectivity index (χ4n) is 2.53. The Morgan fingerprint density at radius 3 is 2.74 bits per heavy atom. The lowest BCUT2D eigenvalue weighted by atomic mass is 9.85. The van der Waals surface area contributed by atoms with Gasteiger partial charge in [-0.15, -0.1) is 0 Å². The van der Waals surface area contributed by atoms with Gasteiger partial charge in [-0.1, -0.05) is 24.7 Å². The molecule has 0 amide bonds. The lowest BCUT2D eigenvalue weighted by Crippen LogP contribution is -2.29. The Morgan fingerprint density at radius 2 is 2.21 bits per heavy atom. The molecule has 1 aliphatic carbocycles. The summed E-state index contributed by atoms with van der Waals surface area (Å²) in [5.74, 6) is 1.66. The van der Waals surface area contributed by atoms with E-state index in [0.29, 0.717) is 4.99 Å². The van der Waals surface area contributed by atoms with Crippen LogP contribution in [0.15, 0.2) is 18.2 Å². The van der Waals surface area contributed by atoms with Crippen molar-refractivity contribution < 1.29 is 4.74 Å². The molecule has 2 rings (SSSR count). The molecule has 4 heteroatoms. The van der Waals surface area contributed by atoms with E-state index >= 15 is 0 Å². The summed E-state index contributed by atoms with van der Waals surface area (Å²) in [5.41, 5.74) is 7.72. The zero-order valence-corrected chi connectivity index (χ0v) is 12.5. The van der Waals surface area contributed by atoms with Crippen LogP contribution in [0.1, 0.15) is 30.4 Å². The van der Waals surface area contributed by atoms with Gasteiger partial charge in [0.05, 0.1) is 12.7 Å². The first-order valence-corrected chi connectivity index (χ1v) is 7.16. The predicted molar refractivity (Wildman–Crippen MR) is 82.6 cm³/mol. The number of hydrogen-bond acceptors (Lipinski definition) is 3. The van der Waals surface area contributed by atoms with Crippen molar-refractivity contribution in [2.24, 2.45) is 11.7 Å². The molecule has 1 aromatic rings. The van der Waals surface area contributed by atoms with E-state index in [-0.39, 0.29) is 0 Å². The lowest BCUT2D eigenvalue weighted by Gasteiger charge is -2.30. The Hall–Kier alpha value is -1.13. The molecule has 2 N–H and O–H groups in total. The van der Waals surface area contributed by atoms with Crippen molar-refractivity contribution in [2.45, 2.75) is 25.8 Å². The highest BCUT2D eigenvalue weighted by Crippen LogP contribution is 2.27. The number of hydrogen-bond donors (Lipinski definition) is 1. The van der Waals surface area contributed by atoms with Crippen molar-refractivity contribution in [3.8, 4) is 5.75 Å². The molecule has 1 fully saturated rings. The van der Waals surface area contributed by atoms with E-state index in [0.717, 1.165) is 23.8 Å². The normalized spacial score (nSPS) is 15.3. The zero-order valence-electron chi connectivity index (χ0n) is 11.7. The second-order valence-electron chi connectivity index (χ2n) is 5.39. The molecule has 104 valence electrons. The average molecular weight is 278 g/mol. The maximum Gasteiger partial charge on any atom is 0.129 e. The minimum Gasteiger partial charge on any atom is -0.496 e. The molecular weight excluding hydrogens is 256 g/mol. The highest BCUT2D eigenvalue weighted by atomic mass is 32.1. The van der Waals surface area contributed by atoms with Gasteiger partial charge >= 0.3 is 0 Å². The molecule has 0 bridgehead atoms. The van der Waals surface area contributed by atoms with Gasteiger partial charge in [-0.3, -0.25) is 0 Å². The number of rotatable bonds is 6. The van der Waals surface area contributed by atoms with Crippen LogP contribution in [-0.2, 0) is 6.54 Å². The number of nitrogens with two attached hydrogens (primary N) is 1. The monoisotopic (exact) mass is 278 g/mol. The van der Waals surface area contributed by atoms with Gasteiger partial charge in [0, 0.05) is 13.1 Å². The number of methoxy groups -OCH3 is 1. The first kappa shape index (κ1) is 14.3. The summed E-state index contributed by atoms with van der Waals surface area (Å²) >= 11 is 5.01. The molecule has 19 heavy (non-hydrogen) atoms. The summed E-state index contributed by atoms with van der Waals surface area (Å²) in [7, 11) is 3.82. The molecule has 0 aliphatic heterocycles. The predicted octanol–water partition coefficient (Wildman–Crippen LogP) is 2.56. The van der Waals surface area contributed by atoms with Crippen LogP contribution in [0.4, 0.5) is 0 Å². The fourth-order valence-corrected chi connectivity index (χ4v) is 2.70. The third-order valence-electron chi connectivity index (χ3n) is 3.78. The highest BCUT2D eigenvalue weighted by molar-refractivity contribution is 7.80. The van der Waals surface area contributed by atoms with Crippen molar-refractivity contribution >= 4 is 17.2 Å². The van der Waals surface area contributed by atoms with Gasteiger partial charge < -0.3 is 15.4 Å². The van der Waals surface area contributed by atoms with Crippen molar-refractivity contribution in [1.29, 1.82) is 0 Å². The average Bonchev–Trinajstić information content (AvgIpc) is 2.33. The van der Waals surface area contributed by atoms with Gasteiger partial charge in [0.15, 0.2) is 0 Å². The summed E-state index contributed by atoms with van der Waals surface area (Å²) in [6.07, 6.45) is 4.16. The first-order valence-electron chi connectivity index (χ1n) is 6.75. The molecule has 1 aromatic carbocycles. The van der Waals surface area contributed by atoms with E-state index in [4.69, 9.17) is 22.7 Å². The zero-order chi connectivity index (χ0) is 13.8. The van der Waals surface area contributed by atoms with Gasteiger partial charge in [0.25, 0.3) is 0 Å². The largest absolute Gasteiger partial charge is 0.496 e. The SMILES string of the molecule is COc1cc(CN(C)CC2CCC2)ccc1C(N)=S. The van der Waals surface area contributed by atoms with Crippen LogP contribution in [0.2, 0.25) is 0 Å². The summed E-state index contributed by atoms with van der Waals surface area (Å²) in [6.45, 7) is 2.11. The van der Waals surface area contributed by atoms with Crippen LogP contribution in [0.25, 0.3) is 0 Å². The molecule has 0 heterocycles. The molecule has 0 radical (unpaired) electrons. The van der Waals surface area contributed by atoms with Crippen molar-refractivity contribution in [3.63, 3.8) is 0 Å². The van der Waals surface area contributed by atoms with E-state index in [1.165, 1.54) is 31.4 Å². The second-order valence-corrected chi connectivity index (χ2v) is 5.83. The second kappa shape index (κ2) is 6.35. The summed E-state index contributed by atoms with van der Waals surface area (Å²) < 4.78 is 5.36. The lowest BCUT2D eigenvalue weighted by molar-refractivity contribution is 0.200. The number of thiocarbonyl (C=S) groups is 1. The minimum absolute atomic E-state index is 0.381. The van der Waals surface area contributed by atoms with Crippen LogP contribution in [0.3, 0.4) is 0 Å². The summed E-state index contributed by atoms with van der Waals surface area (Å²) in [4.78, 5) is 2.75. The van der Waals surface area contributed by atoms with Gasteiger partial charge in [0.2, 0.25) is 0 Å². The Labute approximate surface area is 120 Å². The fraction of sp³-hybridized carbons (Fsp3) is 0.533. The van der Waals surface area contributed by atoms with Gasteiger partial charge in [-0.05, 0) is 43.5 Å². The van der Waals surface area contributed by atoms with Crippen molar-refractivity contribution in [1.82, 2.24) is 4.90 Å². The van der Waals surface area contributed by atoms with E-state index in [1.807, 2.05) is 12.1 Å². The molecule has 0 unspecified atom stereocenters. The van der Waals surface area contributed by atoms with Gasteiger partial charge in [-0.2, -0.15) is 0 Å². The third kappa shape index (κ3) is 3.67. The third-order valence-corrected chi connectivity index (χ3v) is 4.00. The molecule has 1 aliphatic rings. The maximum atomic E-state index is 5.67. The highest BCUT2D eigenvalue weighted by Gasteiger charge is 2.19. The Balaban J connectivity index is 2.01. The number of ether oxygens (including phenoxy) is 1. The molecule has 0 spiro atoms. The molecule has 0 atom stereocenters. The van der Waals surface area contributed by atoms with Crippen LogP contribution in [0.5, 0.6) is 5.75 Å². The molecule has 0 aromatic heterocycles. The first-order chi connectivity index (χ1) is 9.10. The van der Waals surface area contributed by atoms with Crippen molar-refractivity contribution in [2.75, 3.05) is 20.7 Å². The summed E-state index contributed by atoms with van der Waals surface area (Å²) in [6, 6.07) is 6.06. The molecular formula is C15H22N2OS. The number of benzene rings is 1. The van der Waals surface area contributed by atoms with E-state index in [9.17, 15) is 0 Å². The topological polar surface area (TPSA) is 38.5 Å². The van der Waals surface area contributed by atoms with Crippen LogP contribution < -0.4 is 10.5 Å². The Bertz CT molecular complexity index is 457. The Morgan fingerprint density at radius 1 is 1.47 bits per heavy atom. The van der Waals surface area contributed by atoms with Crippen LogP contribution in [0, 0.1) is 5.92 Å². The number of nitrogens with zero attached hydrogens (tertiary/aromatic N) is 1. The standard InChI is InChI=1S/C15H22N2OS/c1-17(9-11-4-3-5-11)10-12-6-7-13(15(16)19)14(8-12)18-2/h6-8,11H,3-5,9-10H2,1-2H3,(H2,16,19). The van der Waals surface area contributed by atoms with Crippen LogP contribution in [-0.4, -0.2) is 30.6 Å². The van der Waals surface area contributed by atoms with E-state index in [2.05, 4.69) is 18.0 Å². The van der Waals surface area contributed by atoms with Gasteiger partial charge in [0.1, 0.15) is 10.7 Å². The quantitative estimate of drug-likeness (QED) is 0.812. The van der Waals surface area contributed by atoms with Crippen molar-refractivity contribution in [3.05, 3.63) is 29.3 Å². The minimum atomic E-state index is 0.381. The summed E-state index contributed by atoms with van der Waals surface area (Å²) in [5, 5.41) is 0. The molecule has 3 nitrogen and oxygen atoms in total. The molecule has 0 saturated heterocycles. The van der Waals surface area contributed by atoms with E-state index < -0.39 is 0 Å². The van der Waals surface area contributed by atoms with E-state index in [1.54, 1.807) is 7.11 Å². The molecule has 1 saturated carbocycles. The van der Waals surface area contributed by atoms with Gasteiger partial charge in [-0.25, -0.2) is 0 Å².